The summed E-state index contributed by atoms with van der Waals surface area (Å²) in [5.41, 5.74) is 0.630. The molecule has 2 aromatic rings. The zero-order valence-electron chi connectivity index (χ0n) is 15.1. The first kappa shape index (κ1) is 22.7. The quantitative estimate of drug-likeness (QED) is 0.793. The molecule has 2 rings (SSSR count). The molecule has 0 radical (unpaired) electrons. The molecule has 0 fully saturated rings. The van der Waals surface area contributed by atoms with Gasteiger partial charge in [-0.2, -0.15) is 0 Å². The largest absolute Gasteiger partial charge is 0.478 e. The Labute approximate surface area is 152 Å². The molecule has 0 bridgehead atoms. The van der Waals surface area contributed by atoms with Crippen molar-refractivity contribution in [2.45, 2.75) is 27.7 Å². The van der Waals surface area contributed by atoms with E-state index in [1.807, 2.05) is 13.8 Å². The van der Waals surface area contributed by atoms with Crippen LogP contribution in [0.3, 0.4) is 0 Å². The lowest BCUT2D eigenvalue weighted by Crippen LogP contribution is -2.05. The number of aromatic carboxylic acids is 2. The van der Waals surface area contributed by atoms with Crippen LogP contribution in [0.4, 0.5) is 0 Å². The minimum atomic E-state index is -1.07. The van der Waals surface area contributed by atoms with Crippen molar-refractivity contribution in [1.29, 1.82) is 0 Å². The van der Waals surface area contributed by atoms with Gasteiger partial charge in [0.25, 0.3) is 0 Å². The third kappa shape index (κ3) is 6.68. The van der Waals surface area contributed by atoms with E-state index in [4.69, 9.17) is 10.2 Å². The first-order valence-corrected chi connectivity index (χ1v) is 7.92. The minimum Gasteiger partial charge on any atom is -0.478 e. The third-order valence-corrected chi connectivity index (χ3v) is 3.07. The summed E-state index contributed by atoms with van der Waals surface area (Å²) in [7, 11) is 0. The Morgan fingerprint density at radius 1 is 0.577 bits per heavy atom. The second kappa shape index (κ2) is 11.3. The Balaban J connectivity index is 0.000000439. The third-order valence-electron chi connectivity index (χ3n) is 3.07. The van der Waals surface area contributed by atoms with E-state index < -0.39 is 11.9 Å². The van der Waals surface area contributed by atoms with Crippen molar-refractivity contribution < 1.29 is 29.4 Å². The van der Waals surface area contributed by atoms with E-state index in [9.17, 15) is 19.2 Å². The fourth-order valence-electron chi connectivity index (χ4n) is 1.95. The number of rotatable bonds is 4. The van der Waals surface area contributed by atoms with Crippen molar-refractivity contribution in [2.24, 2.45) is 0 Å². The summed E-state index contributed by atoms with van der Waals surface area (Å²) < 4.78 is 0. The van der Waals surface area contributed by atoms with Gasteiger partial charge in [-0.1, -0.05) is 50.2 Å². The molecule has 0 aromatic heterocycles. The van der Waals surface area contributed by atoms with Gasteiger partial charge in [0.15, 0.2) is 11.6 Å². The van der Waals surface area contributed by atoms with Crippen LogP contribution in [0.25, 0.3) is 0 Å². The maximum atomic E-state index is 10.9. The molecular weight excluding hydrogens is 336 g/mol. The number of hydrogen-bond donors (Lipinski definition) is 2. The molecular formula is C20H22O6. The summed E-state index contributed by atoms with van der Waals surface area (Å²) in [6.07, 6.45) is 0. The van der Waals surface area contributed by atoms with E-state index in [1.54, 1.807) is 24.3 Å². The summed E-state index contributed by atoms with van der Waals surface area (Å²) in [5.74, 6) is -2.59. The lowest BCUT2D eigenvalue weighted by atomic mass is 10.1. The number of Topliss-reactive ketones (excluding diaryl/α,β-unsaturated/α-hetero) is 2. The lowest BCUT2D eigenvalue weighted by Gasteiger charge is -1.99. The molecule has 138 valence electrons. The van der Waals surface area contributed by atoms with Crippen molar-refractivity contribution in [3.05, 3.63) is 70.8 Å². The maximum absolute atomic E-state index is 10.9. The van der Waals surface area contributed by atoms with Gasteiger partial charge in [0, 0.05) is 11.1 Å². The predicted octanol–water partition coefficient (Wildman–Crippen LogP) is 4.20. The zero-order valence-corrected chi connectivity index (χ0v) is 15.1. The fraction of sp³-hybridized carbons (Fsp3) is 0.200. The van der Waals surface area contributed by atoms with Crippen LogP contribution in [0, 0.1) is 0 Å². The molecule has 0 unspecified atom stereocenters. The van der Waals surface area contributed by atoms with Crippen molar-refractivity contribution in [2.75, 3.05) is 0 Å². The van der Waals surface area contributed by atoms with Crippen LogP contribution in [-0.4, -0.2) is 33.7 Å². The molecule has 0 saturated heterocycles. The average Bonchev–Trinajstić information content (AvgIpc) is 2.63. The van der Waals surface area contributed by atoms with Crippen molar-refractivity contribution in [3.8, 4) is 0 Å². The molecule has 2 aromatic carbocycles. The van der Waals surface area contributed by atoms with Gasteiger partial charge in [-0.05, 0) is 26.0 Å². The molecule has 0 heterocycles. The second-order valence-electron chi connectivity index (χ2n) is 4.81. The van der Waals surface area contributed by atoms with E-state index in [0.717, 1.165) is 0 Å². The van der Waals surface area contributed by atoms with Crippen LogP contribution < -0.4 is 0 Å². The summed E-state index contributed by atoms with van der Waals surface area (Å²) in [5, 5.41) is 17.3. The molecule has 0 saturated carbocycles. The van der Waals surface area contributed by atoms with E-state index in [2.05, 4.69) is 0 Å². The monoisotopic (exact) mass is 358 g/mol. The molecule has 0 spiro atoms. The van der Waals surface area contributed by atoms with Gasteiger partial charge >= 0.3 is 11.9 Å². The Bertz CT molecular complexity index is 659. The van der Waals surface area contributed by atoms with Crippen molar-refractivity contribution in [1.82, 2.24) is 0 Å². The predicted molar refractivity (Wildman–Crippen MR) is 98.2 cm³/mol. The highest BCUT2D eigenvalue weighted by Gasteiger charge is 2.12. The highest BCUT2D eigenvalue weighted by atomic mass is 16.4. The molecule has 0 aliphatic carbocycles. The van der Waals surface area contributed by atoms with Gasteiger partial charge in [-0.25, -0.2) is 9.59 Å². The highest BCUT2D eigenvalue weighted by Crippen LogP contribution is 2.09. The standard InChI is InChI=1S/2C9H8O3.C2H6/c2*1-6(10)7-4-2-3-5-8(7)9(11)12;1-2/h2*2-5H,1H3,(H,11,12);1-2H3. The molecule has 26 heavy (non-hydrogen) atoms. The Hall–Kier alpha value is -3.28. The van der Waals surface area contributed by atoms with Gasteiger partial charge in [-0.15, -0.1) is 0 Å². The molecule has 0 aliphatic heterocycles. The number of carboxylic acid groups (broad SMARTS) is 2. The van der Waals surface area contributed by atoms with Crippen LogP contribution in [0.5, 0.6) is 0 Å². The van der Waals surface area contributed by atoms with E-state index >= 15 is 0 Å². The van der Waals surface area contributed by atoms with Gasteiger partial charge in [0.1, 0.15) is 0 Å². The molecule has 0 atom stereocenters. The van der Waals surface area contributed by atoms with E-state index in [1.165, 1.54) is 38.1 Å². The maximum Gasteiger partial charge on any atom is 0.336 e. The number of carbonyl (C=O) groups excluding carboxylic acids is 2. The average molecular weight is 358 g/mol. The van der Waals surface area contributed by atoms with Crippen LogP contribution >= 0.6 is 0 Å². The number of carboxylic acids is 2. The smallest absolute Gasteiger partial charge is 0.336 e. The molecule has 0 aliphatic rings. The number of hydrogen-bond acceptors (Lipinski definition) is 4. The summed E-state index contributed by atoms with van der Waals surface area (Å²) in [4.78, 5) is 43.0. The van der Waals surface area contributed by atoms with Crippen molar-refractivity contribution >= 4 is 23.5 Å². The first-order chi connectivity index (χ1) is 12.3. The minimum absolute atomic E-state index is 0.0602. The molecule has 6 nitrogen and oxygen atoms in total. The Morgan fingerprint density at radius 3 is 0.962 bits per heavy atom. The van der Waals surface area contributed by atoms with E-state index in [0.29, 0.717) is 0 Å². The van der Waals surface area contributed by atoms with Crippen LogP contribution in [0.2, 0.25) is 0 Å². The number of ketones is 2. The number of carbonyl (C=O) groups is 4. The molecule has 0 amide bonds. The summed E-state index contributed by atoms with van der Waals surface area (Å²) >= 11 is 0. The SMILES string of the molecule is CC.CC(=O)c1ccccc1C(=O)O.CC(=O)c1ccccc1C(=O)O. The zero-order chi connectivity index (χ0) is 20.3. The fourth-order valence-corrected chi connectivity index (χ4v) is 1.95. The summed E-state index contributed by atoms with van der Waals surface area (Å²) in [6.45, 7) is 6.70. The normalized spacial score (nSPS) is 8.92. The second-order valence-corrected chi connectivity index (χ2v) is 4.81. The van der Waals surface area contributed by atoms with Gasteiger partial charge in [0.05, 0.1) is 11.1 Å². The van der Waals surface area contributed by atoms with E-state index in [-0.39, 0.29) is 33.8 Å². The highest BCUT2D eigenvalue weighted by molar-refractivity contribution is 6.05. The van der Waals surface area contributed by atoms with Gasteiger partial charge < -0.3 is 10.2 Å². The Kier molecular flexibility index (Phi) is 9.88. The molecule has 2 N–H and O–H groups in total. The van der Waals surface area contributed by atoms with Crippen LogP contribution in [-0.2, 0) is 0 Å². The summed E-state index contributed by atoms with van der Waals surface area (Å²) in [6, 6.07) is 12.3. The lowest BCUT2D eigenvalue weighted by molar-refractivity contribution is 0.0683. The topological polar surface area (TPSA) is 109 Å². The van der Waals surface area contributed by atoms with Gasteiger partial charge in [-0.3, -0.25) is 9.59 Å². The first-order valence-electron chi connectivity index (χ1n) is 7.92. The van der Waals surface area contributed by atoms with Crippen molar-refractivity contribution in [3.63, 3.8) is 0 Å². The van der Waals surface area contributed by atoms with Crippen LogP contribution in [0.15, 0.2) is 48.5 Å². The van der Waals surface area contributed by atoms with Crippen LogP contribution in [0.1, 0.15) is 69.1 Å². The van der Waals surface area contributed by atoms with Gasteiger partial charge in [0.2, 0.25) is 0 Å². The molecule has 6 heteroatoms. The Morgan fingerprint density at radius 2 is 0.808 bits per heavy atom. The number of benzene rings is 2.